The molecule has 0 spiro atoms. The summed E-state index contributed by atoms with van der Waals surface area (Å²) in [6, 6.07) is 2.32. The molecule has 2 heteroatoms. The van der Waals surface area contributed by atoms with Crippen molar-refractivity contribution in [2.45, 2.75) is 219 Å². The quantitative estimate of drug-likeness (QED) is 0.0806. The molecule has 0 aliphatic heterocycles. The van der Waals surface area contributed by atoms with Crippen molar-refractivity contribution < 1.29 is 0 Å². The fraction of sp³-hybridized carbons (Fsp3) is 0.872. The topological polar surface area (TPSA) is 25.8 Å². The van der Waals surface area contributed by atoms with Gasteiger partial charge in [0.2, 0.25) is 0 Å². The van der Waals surface area contributed by atoms with E-state index in [4.69, 9.17) is 9.97 Å². The highest BCUT2D eigenvalue weighted by Crippen LogP contribution is 2.16. The molecule has 41 heavy (non-hydrogen) atoms. The lowest BCUT2D eigenvalue weighted by Crippen LogP contribution is -2.04. The van der Waals surface area contributed by atoms with Crippen LogP contribution in [0.2, 0.25) is 0 Å². The number of aromatic nitrogens is 2. The van der Waals surface area contributed by atoms with Crippen LogP contribution in [0.4, 0.5) is 0 Å². The Labute approximate surface area is 259 Å². The molecule has 0 saturated heterocycles. The maximum absolute atomic E-state index is 4.89. The molecular formula is C39H73N2. The van der Waals surface area contributed by atoms with E-state index >= 15 is 0 Å². The lowest BCUT2D eigenvalue weighted by molar-refractivity contribution is 0.534. The molecule has 239 valence electrons. The van der Waals surface area contributed by atoms with Crippen LogP contribution in [0.3, 0.4) is 0 Å². The first-order valence-electron chi connectivity index (χ1n) is 18.9. The van der Waals surface area contributed by atoms with Gasteiger partial charge in [-0.3, -0.25) is 0 Å². The van der Waals surface area contributed by atoms with Crippen molar-refractivity contribution in [3.05, 3.63) is 30.2 Å². The molecule has 0 aliphatic rings. The Morgan fingerprint density at radius 3 is 0.927 bits per heavy atom. The number of hydrogen-bond acceptors (Lipinski definition) is 2. The van der Waals surface area contributed by atoms with Gasteiger partial charge in [0.25, 0.3) is 0 Å². The lowest BCUT2D eigenvalue weighted by Gasteiger charge is -2.09. The minimum atomic E-state index is 0.889. The van der Waals surface area contributed by atoms with E-state index in [9.17, 15) is 0 Å². The van der Waals surface area contributed by atoms with Crippen molar-refractivity contribution in [2.75, 3.05) is 0 Å². The third kappa shape index (κ3) is 25.3. The SMILES string of the molecule is [CH2]CCc1nc(CCCCCCCCCCCCCCCC)cc(CCCCCCCCCCCCCCCC)n1. The largest absolute Gasteiger partial charge is 0.238 e. The summed E-state index contributed by atoms with van der Waals surface area (Å²) in [5.74, 6) is 1.03. The normalized spacial score (nSPS) is 11.5. The first-order valence-corrected chi connectivity index (χ1v) is 18.9. The maximum Gasteiger partial charge on any atom is 0.128 e. The second kappa shape index (κ2) is 30.5. The van der Waals surface area contributed by atoms with Crippen molar-refractivity contribution in [3.63, 3.8) is 0 Å². The Balaban J connectivity index is 2.06. The standard InChI is InChI=1S/C39H73N2/c1-4-7-9-11-13-15-17-19-21-23-25-27-29-31-34-37-36-38(41-39(40-37)33-6-3)35-32-30-28-26-24-22-20-18-16-14-12-10-8-5-2/h36H,3-35H2,1-2H3. The van der Waals surface area contributed by atoms with E-state index in [1.54, 1.807) is 0 Å². The highest BCUT2D eigenvalue weighted by molar-refractivity contribution is 5.12. The zero-order valence-electron chi connectivity index (χ0n) is 28.3. The number of unbranched alkanes of at least 4 members (excludes halogenated alkanes) is 26. The van der Waals surface area contributed by atoms with Gasteiger partial charge in [-0.15, -0.1) is 0 Å². The summed E-state index contributed by atoms with van der Waals surface area (Å²) in [6.45, 7) is 8.65. The van der Waals surface area contributed by atoms with Crippen LogP contribution in [0, 0.1) is 6.92 Å². The molecule has 0 saturated carbocycles. The number of nitrogens with zero attached hydrogens (tertiary/aromatic N) is 2. The molecule has 1 rings (SSSR count). The first kappa shape index (κ1) is 38.1. The minimum absolute atomic E-state index is 0.889. The zero-order valence-corrected chi connectivity index (χ0v) is 28.3. The van der Waals surface area contributed by atoms with Crippen LogP contribution in [0.1, 0.15) is 217 Å². The Morgan fingerprint density at radius 1 is 0.390 bits per heavy atom. The van der Waals surface area contributed by atoms with E-state index in [0.29, 0.717) is 0 Å². The predicted octanol–water partition coefficient (Wildman–Crippen LogP) is 13.3. The Kier molecular flexibility index (Phi) is 28.4. The molecular weight excluding hydrogens is 496 g/mol. The Morgan fingerprint density at radius 2 is 0.659 bits per heavy atom. The fourth-order valence-electron chi connectivity index (χ4n) is 6.14. The molecule has 1 radical (unpaired) electrons. The summed E-state index contributed by atoms with van der Waals surface area (Å²) < 4.78 is 0. The molecule has 1 aromatic heterocycles. The van der Waals surface area contributed by atoms with Crippen LogP contribution in [-0.2, 0) is 19.3 Å². The van der Waals surface area contributed by atoms with Gasteiger partial charge in [0.05, 0.1) is 0 Å². The van der Waals surface area contributed by atoms with Crippen molar-refractivity contribution in [2.24, 2.45) is 0 Å². The third-order valence-electron chi connectivity index (χ3n) is 8.85. The molecule has 2 nitrogen and oxygen atoms in total. The Hall–Kier alpha value is -0.920. The monoisotopic (exact) mass is 570 g/mol. The summed E-state index contributed by atoms with van der Waals surface area (Å²) in [6.07, 6.45) is 43.7. The third-order valence-corrected chi connectivity index (χ3v) is 8.85. The van der Waals surface area contributed by atoms with Crippen LogP contribution in [0.25, 0.3) is 0 Å². The second-order valence-electron chi connectivity index (χ2n) is 13.1. The second-order valence-corrected chi connectivity index (χ2v) is 13.1. The van der Waals surface area contributed by atoms with Gasteiger partial charge in [0.15, 0.2) is 0 Å². The van der Waals surface area contributed by atoms with Crippen LogP contribution in [0.15, 0.2) is 6.07 Å². The fourth-order valence-corrected chi connectivity index (χ4v) is 6.14. The van der Waals surface area contributed by atoms with E-state index in [1.807, 2.05) is 0 Å². The summed E-state index contributed by atoms with van der Waals surface area (Å²) >= 11 is 0. The molecule has 1 heterocycles. The molecule has 0 aliphatic carbocycles. The smallest absolute Gasteiger partial charge is 0.128 e. The number of rotatable bonds is 32. The van der Waals surface area contributed by atoms with E-state index in [0.717, 1.165) is 31.5 Å². The molecule has 0 amide bonds. The van der Waals surface area contributed by atoms with Crippen molar-refractivity contribution in [1.29, 1.82) is 0 Å². The molecule has 0 aromatic carbocycles. The molecule has 1 aromatic rings. The van der Waals surface area contributed by atoms with Gasteiger partial charge in [-0.25, -0.2) is 9.97 Å². The van der Waals surface area contributed by atoms with Gasteiger partial charge in [0.1, 0.15) is 5.82 Å². The van der Waals surface area contributed by atoms with Gasteiger partial charge < -0.3 is 0 Å². The predicted molar refractivity (Wildman–Crippen MR) is 184 cm³/mol. The van der Waals surface area contributed by atoms with Gasteiger partial charge >= 0.3 is 0 Å². The highest BCUT2D eigenvalue weighted by atomic mass is 14.9. The maximum atomic E-state index is 4.89. The van der Waals surface area contributed by atoms with E-state index in [1.165, 1.54) is 191 Å². The van der Waals surface area contributed by atoms with Gasteiger partial charge in [-0.1, -0.05) is 188 Å². The van der Waals surface area contributed by atoms with Gasteiger partial charge in [-0.05, 0) is 38.2 Å². The van der Waals surface area contributed by atoms with Crippen molar-refractivity contribution in [3.8, 4) is 0 Å². The summed E-state index contributed by atoms with van der Waals surface area (Å²) in [4.78, 5) is 9.78. The van der Waals surface area contributed by atoms with E-state index in [2.05, 4.69) is 26.8 Å². The van der Waals surface area contributed by atoms with Crippen LogP contribution < -0.4 is 0 Å². The Bertz CT molecular complexity index is 605. The molecule has 0 unspecified atom stereocenters. The lowest BCUT2D eigenvalue weighted by atomic mass is 10.0. The number of hydrogen-bond donors (Lipinski definition) is 0. The molecule has 0 atom stereocenters. The van der Waals surface area contributed by atoms with Crippen LogP contribution in [-0.4, -0.2) is 9.97 Å². The average molecular weight is 570 g/mol. The molecule has 0 bridgehead atoms. The van der Waals surface area contributed by atoms with Crippen LogP contribution in [0.5, 0.6) is 0 Å². The molecule has 0 N–H and O–H groups in total. The average Bonchev–Trinajstić information content (AvgIpc) is 2.97. The highest BCUT2D eigenvalue weighted by Gasteiger charge is 2.06. The van der Waals surface area contributed by atoms with Crippen LogP contribution >= 0.6 is 0 Å². The summed E-state index contributed by atoms with van der Waals surface area (Å²) in [7, 11) is 0. The van der Waals surface area contributed by atoms with E-state index in [-0.39, 0.29) is 0 Å². The van der Waals surface area contributed by atoms with E-state index < -0.39 is 0 Å². The summed E-state index contributed by atoms with van der Waals surface area (Å²) in [5, 5.41) is 0. The van der Waals surface area contributed by atoms with Crippen molar-refractivity contribution >= 4 is 0 Å². The van der Waals surface area contributed by atoms with Gasteiger partial charge in [-0.2, -0.15) is 0 Å². The first-order chi connectivity index (χ1) is 20.3. The molecule has 0 fully saturated rings. The van der Waals surface area contributed by atoms with Gasteiger partial charge in [0, 0.05) is 17.8 Å². The van der Waals surface area contributed by atoms with Crippen molar-refractivity contribution in [1.82, 2.24) is 9.97 Å². The zero-order chi connectivity index (χ0) is 29.5. The minimum Gasteiger partial charge on any atom is -0.238 e. The summed E-state index contributed by atoms with van der Waals surface area (Å²) in [5.41, 5.74) is 2.56. The number of aryl methyl sites for hydroxylation is 3.